The van der Waals surface area contributed by atoms with Gasteiger partial charge in [0, 0.05) is 25.6 Å². The van der Waals surface area contributed by atoms with E-state index in [9.17, 15) is 9.59 Å². The smallest absolute Gasteiger partial charge is 0.321 e. The standard InChI is InChI=1S/C25H39N3O3/c1-3-4-7-19-10-12-21(13-11-19)24(29)26-18-20-14-16-28(17-15-20)25(30)27-22-8-5-6-9-23(22)31-2/h5-6,8-9,19-21H,3-4,7,10-18H2,1-2H3,(H,26,29)(H,27,30). The maximum Gasteiger partial charge on any atom is 0.321 e. The summed E-state index contributed by atoms with van der Waals surface area (Å²) in [4.78, 5) is 27.0. The Morgan fingerprint density at radius 2 is 1.74 bits per heavy atom. The molecule has 0 aromatic heterocycles. The van der Waals surface area contributed by atoms with E-state index in [0.717, 1.165) is 38.1 Å². The number of carbonyl (C=O) groups is 2. The molecule has 2 fully saturated rings. The molecule has 31 heavy (non-hydrogen) atoms. The highest BCUT2D eigenvalue weighted by Gasteiger charge is 2.28. The minimum absolute atomic E-state index is 0.0909. The van der Waals surface area contributed by atoms with Crippen LogP contribution in [0.3, 0.4) is 0 Å². The molecule has 0 unspecified atom stereocenters. The van der Waals surface area contributed by atoms with Crippen molar-refractivity contribution in [3.8, 4) is 5.75 Å². The highest BCUT2D eigenvalue weighted by Crippen LogP contribution is 2.32. The Labute approximate surface area is 187 Å². The van der Waals surface area contributed by atoms with Crippen LogP contribution >= 0.6 is 0 Å². The number of likely N-dealkylation sites (tertiary alicyclic amines) is 1. The molecular formula is C25H39N3O3. The van der Waals surface area contributed by atoms with Crippen LogP contribution in [0.4, 0.5) is 10.5 Å². The van der Waals surface area contributed by atoms with E-state index in [2.05, 4.69) is 17.6 Å². The molecule has 2 N–H and O–H groups in total. The fourth-order valence-corrected chi connectivity index (χ4v) is 4.88. The molecule has 1 heterocycles. The number of unbranched alkanes of at least 4 members (excludes halogenated alkanes) is 1. The summed E-state index contributed by atoms with van der Waals surface area (Å²) in [5.41, 5.74) is 0.689. The lowest BCUT2D eigenvalue weighted by Gasteiger charge is -2.33. The van der Waals surface area contributed by atoms with Gasteiger partial charge in [-0.05, 0) is 62.5 Å². The van der Waals surface area contributed by atoms with Crippen molar-refractivity contribution in [1.82, 2.24) is 10.2 Å². The summed E-state index contributed by atoms with van der Waals surface area (Å²) in [6.45, 7) is 4.40. The minimum atomic E-state index is -0.0909. The summed E-state index contributed by atoms with van der Waals surface area (Å²) in [5, 5.41) is 6.15. The van der Waals surface area contributed by atoms with E-state index in [-0.39, 0.29) is 17.9 Å². The monoisotopic (exact) mass is 429 g/mol. The predicted molar refractivity (Wildman–Crippen MR) is 124 cm³/mol. The molecule has 1 aromatic rings. The molecular weight excluding hydrogens is 390 g/mol. The van der Waals surface area contributed by atoms with Gasteiger partial charge in [0.05, 0.1) is 12.8 Å². The normalized spacial score (nSPS) is 22.1. The number of urea groups is 1. The van der Waals surface area contributed by atoms with Crippen molar-refractivity contribution >= 4 is 17.6 Å². The highest BCUT2D eigenvalue weighted by molar-refractivity contribution is 5.91. The molecule has 172 valence electrons. The topological polar surface area (TPSA) is 70.7 Å². The van der Waals surface area contributed by atoms with Gasteiger partial charge in [0.2, 0.25) is 5.91 Å². The van der Waals surface area contributed by atoms with Crippen LogP contribution in [0, 0.1) is 17.8 Å². The summed E-state index contributed by atoms with van der Waals surface area (Å²) in [6.07, 6.45) is 10.2. The Morgan fingerprint density at radius 3 is 2.42 bits per heavy atom. The van der Waals surface area contributed by atoms with Gasteiger partial charge >= 0.3 is 6.03 Å². The molecule has 1 saturated carbocycles. The molecule has 6 heteroatoms. The number of piperidine rings is 1. The molecule has 1 aliphatic heterocycles. The van der Waals surface area contributed by atoms with Crippen molar-refractivity contribution in [1.29, 1.82) is 0 Å². The number of ether oxygens (including phenoxy) is 1. The van der Waals surface area contributed by atoms with Gasteiger partial charge in [0.1, 0.15) is 5.75 Å². The van der Waals surface area contributed by atoms with Crippen LogP contribution in [0.15, 0.2) is 24.3 Å². The van der Waals surface area contributed by atoms with E-state index in [1.807, 2.05) is 29.2 Å². The highest BCUT2D eigenvalue weighted by atomic mass is 16.5. The molecule has 0 bridgehead atoms. The number of anilines is 1. The Bertz CT molecular complexity index is 708. The molecule has 1 aliphatic carbocycles. The van der Waals surface area contributed by atoms with E-state index < -0.39 is 0 Å². The minimum Gasteiger partial charge on any atom is -0.495 e. The number of para-hydroxylation sites is 2. The first-order valence-corrected chi connectivity index (χ1v) is 12.1. The second kappa shape index (κ2) is 12.0. The zero-order valence-corrected chi connectivity index (χ0v) is 19.2. The Hall–Kier alpha value is -2.24. The lowest BCUT2D eigenvalue weighted by molar-refractivity contribution is -0.126. The first-order valence-electron chi connectivity index (χ1n) is 12.1. The second-order valence-electron chi connectivity index (χ2n) is 9.17. The summed E-state index contributed by atoms with van der Waals surface area (Å²) < 4.78 is 5.30. The number of hydrogen-bond donors (Lipinski definition) is 2. The molecule has 0 radical (unpaired) electrons. The third kappa shape index (κ3) is 6.88. The van der Waals surface area contributed by atoms with Crippen LogP contribution in [0.5, 0.6) is 5.75 Å². The van der Waals surface area contributed by atoms with Crippen molar-refractivity contribution < 1.29 is 14.3 Å². The summed E-state index contributed by atoms with van der Waals surface area (Å²) in [6, 6.07) is 7.35. The third-order valence-corrected chi connectivity index (χ3v) is 7.00. The fraction of sp³-hybridized carbons (Fsp3) is 0.680. The van der Waals surface area contributed by atoms with Crippen LogP contribution in [0.25, 0.3) is 0 Å². The van der Waals surface area contributed by atoms with Crippen molar-refractivity contribution in [2.45, 2.75) is 64.7 Å². The first-order chi connectivity index (χ1) is 15.1. The fourth-order valence-electron chi connectivity index (χ4n) is 4.88. The molecule has 1 aromatic carbocycles. The average molecular weight is 430 g/mol. The zero-order chi connectivity index (χ0) is 22.1. The van der Waals surface area contributed by atoms with Gasteiger partial charge in [-0.1, -0.05) is 38.3 Å². The van der Waals surface area contributed by atoms with E-state index in [1.165, 1.54) is 32.1 Å². The van der Waals surface area contributed by atoms with Crippen molar-refractivity contribution in [2.24, 2.45) is 17.8 Å². The second-order valence-corrected chi connectivity index (χ2v) is 9.17. The molecule has 2 aliphatic rings. The lowest BCUT2D eigenvalue weighted by Crippen LogP contribution is -2.44. The maximum absolute atomic E-state index is 12.6. The van der Waals surface area contributed by atoms with Crippen LogP contribution < -0.4 is 15.4 Å². The molecule has 3 rings (SSSR count). The van der Waals surface area contributed by atoms with Crippen LogP contribution in [0.1, 0.15) is 64.7 Å². The first kappa shape index (κ1) is 23.4. The summed E-state index contributed by atoms with van der Waals surface area (Å²) in [5.74, 6) is 2.37. The summed E-state index contributed by atoms with van der Waals surface area (Å²) in [7, 11) is 1.60. The SMILES string of the molecule is CCCCC1CCC(C(=O)NCC2CCN(C(=O)Nc3ccccc3OC)CC2)CC1. The number of hydrogen-bond acceptors (Lipinski definition) is 3. The largest absolute Gasteiger partial charge is 0.495 e. The van der Waals surface area contributed by atoms with E-state index >= 15 is 0 Å². The van der Waals surface area contributed by atoms with Gasteiger partial charge in [0.25, 0.3) is 0 Å². The lowest BCUT2D eigenvalue weighted by atomic mass is 9.79. The van der Waals surface area contributed by atoms with E-state index in [4.69, 9.17) is 4.74 Å². The quantitative estimate of drug-likeness (QED) is 0.607. The molecule has 0 atom stereocenters. The van der Waals surface area contributed by atoms with Gasteiger partial charge in [-0.3, -0.25) is 4.79 Å². The maximum atomic E-state index is 12.6. The van der Waals surface area contributed by atoms with Crippen molar-refractivity contribution in [3.05, 3.63) is 24.3 Å². The number of amides is 3. The van der Waals surface area contributed by atoms with Crippen molar-refractivity contribution in [3.63, 3.8) is 0 Å². The molecule has 6 nitrogen and oxygen atoms in total. The zero-order valence-electron chi connectivity index (χ0n) is 19.2. The predicted octanol–water partition coefficient (Wildman–Crippen LogP) is 5.05. The molecule has 3 amide bonds. The van der Waals surface area contributed by atoms with Crippen molar-refractivity contribution in [2.75, 3.05) is 32.1 Å². The number of methoxy groups -OCH3 is 1. The van der Waals surface area contributed by atoms with Gasteiger partial charge in [-0.25, -0.2) is 4.79 Å². The van der Waals surface area contributed by atoms with Crippen LogP contribution in [-0.4, -0.2) is 43.6 Å². The Kier molecular flexibility index (Phi) is 9.04. The number of benzene rings is 1. The van der Waals surface area contributed by atoms with Gasteiger partial charge in [-0.2, -0.15) is 0 Å². The van der Waals surface area contributed by atoms with E-state index in [1.54, 1.807) is 7.11 Å². The number of nitrogens with one attached hydrogen (secondary N) is 2. The average Bonchev–Trinajstić information content (AvgIpc) is 2.82. The number of carbonyl (C=O) groups excluding carboxylic acids is 2. The molecule has 0 spiro atoms. The summed E-state index contributed by atoms with van der Waals surface area (Å²) >= 11 is 0. The van der Waals surface area contributed by atoms with Crippen LogP contribution in [0.2, 0.25) is 0 Å². The number of rotatable bonds is 8. The van der Waals surface area contributed by atoms with Gasteiger partial charge < -0.3 is 20.3 Å². The van der Waals surface area contributed by atoms with Crippen LogP contribution in [-0.2, 0) is 4.79 Å². The van der Waals surface area contributed by atoms with E-state index in [0.29, 0.717) is 30.4 Å². The number of nitrogens with zero attached hydrogens (tertiary/aromatic N) is 1. The van der Waals surface area contributed by atoms with Gasteiger partial charge in [-0.15, -0.1) is 0 Å². The van der Waals surface area contributed by atoms with Gasteiger partial charge in [0.15, 0.2) is 0 Å². The molecule has 1 saturated heterocycles. The Morgan fingerprint density at radius 1 is 1.03 bits per heavy atom. The Balaban J connectivity index is 1.35. The third-order valence-electron chi connectivity index (χ3n) is 7.00.